The number of nitriles is 1. The Morgan fingerprint density at radius 1 is 0.312 bits per heavy atom. The first-order valence-corrected chi connectivity index (χ1v) is 38.2. The van der Waals surface area contributed by atoms with Crippen molar-refractivity contribution >= 4 is 107 Å². The third kappa shape index (κ3) is 11.3. The van der Waals surface area contributed by atoms with E-state index in [0.717, 1.165) is 140 Å². The highest BCUT2D eigenvalue weighted by Crippen LogP contribution is 2.56. The number of anilines is 6. The molecular weight excluding hydrogens is 1320 g/mol. The van der Waals surface area contributed by atoms with Crippen LogP contribution in [0.5, 0.6) is 0 Å². The van der Waals surface area contributed by atoms with Crippen LogP contribution in [-0.2, 0) is 21.7 Å². The van der Waals surface area contributed by atoms with E-state index in [1.54, 1.807) is 0 Å². The van der Waals surface area contributed by atoms with Crippen molar-refractivity contribution in [2.75, 3.05) is 9.80 Å². The summed E-state index contributed by atoms with van der Waals surface area (Å²) in [5.74, 6) is 0. The summed E-state index contributed by atoms with van der Waals surface area (Å²) in [4.78, 5) is 9.61. The highest BCUT2D eigenvalue weighted by Gasteiger charge is 2.46. The number of rotatable bonds is 9. The summed E-state index contributed by atoms with van der Waals surface area (Å²) >= 11 is 0. The van der Waals surface area contributed by atoms with Gasteiger partial charge in [0.1, 0.15) is 0 Å². The highest BCUT2D eigenvalue weighted by atomic mass is 15.2. The molecule has 0 fully saturated rings. The van der Waals surface area contributed by atoms with Gasteiger partial charge in [-0.3, -0.25) is 0 Å². The molecule has 4 heterocycles. The molecule has 16 aromatic rings. The fraction of sp³-hybridized carbons (Fsp3) is 0.157. The van der Waals surface area contributed by atoms with Crippen molar-refractivity contribution in [2.24, 2.45) is 0 Å². The number of hydrogen-bond donors (Lipinski definition) is 0. The maximum Gasteiger partial charge on any atom is 0.252 e. The van der Waals surface area contributed by atoms with Crippen LogP contribution in [0.25, 0.3) is 115 Å². The number of aromatic nitrogens is 2. The first kappa shape index (κ1) is 68.2. The molecule has 0 spiro atoms. The van der Waals surface area contributed by atoms with Crippen molar-refractivity contribution in [2.45, 2.75) is 105 Å². The second kappa shape index (κ2) is 25.5. The van der Waals surface area contributed by atoms with E-state index in [2.05, 4.69) is 386 Å². The van der Waals surface area contributed by atoms with E-state index in [9.17, 15) is 5.26 Å². The average Bonchev–Trinajstić information content (AvgIpc) is 0.849. The van der Waals surface area contributed by atoms with Crippen LogP contribution in [0.15, 0.2) is 297 Å². The Balaban J connectivity index is 1.06. The highest BCUT2D eigenvalue weighted by molar-refractivity contribution is 7.00. The molecule has 6 nitrogen and oxygen atoms in total. The number of nitrogens with zero attached hydrogens (tertiary/aromatic N) is 6. The minimum Gasteiger partial charge on any atom is -0.310 e. The zero-order chi connectivity index (χ0) is 75.2. The summed E-state index contributed by atoms with van der Waals surface area (Å²) < 4.78 is 4.91. The molecule has 526 valence electrons. The molecule has 0 N–H and O–H groups in total. The maximum atomic E-state index is 11.5. The number of benzene rings is 14. The first-order valence-electron chi connectivity index (χ1n) is 38.2. The predicted molar refractivity (Wildman–Crippen MR) is 462 cm³/mol. The van der Waals surface area contributed by atoms with E-state index < -0.39 is 0 Å². The topological polar surface area (TPSA) is 44.5 Å². The van der Waals surface area contributed by atoms with Gasteiger partial charge in [-0.15, -0.1) is 0 Å². The molecule has 109 heavy (non-hydrogen) atoms. The van der Waals surface area contributed by atoms with Gasteiger partial charge < -0.3 is 18.9 Å². The third-order valence-corrected chi connectivity index (χ3v) is 22.9. The monoisotopic (exact) mass is 1400 g/mol. The van der Waals surface area contributed by atoms with Gasteiger partial charge in [-0.05, 0) is 160 Å². The summed E-state index contributed by atoms with van der Waals surface area (Å²) in [6, 6.07) is 113. The lowest BCUT2D eigenvalue weighted by atomic mass is 9.33. The van der Waals surface area contributed by atoms with Gasteiger partial charge in [0, 0.05) is 77.9 Å². The fourth-order valence-electron chi connectivity index (χ4n) is 17.3. The van der Waals surface area contributed by atoms with Crippen molar-refractivity contribution in [3.05, 3.63) is 336 Å². The Morgan fingerprint density at radius 2 is 0.670 bits per heavy atom. The third-order valence-electron chi connectivity index (χ3n) is 22.9. The molecule has 2 aliphatic heterocycles. The summed E-state index contributed by atoms with van der Waals surface area (Å²) in [5, 5.41) is 16.2. The molecule has 0 bridgehead atoms. The van der Waals surface area contributed by atoms with Crippen LogP contribution in [0, 0.1) is 17.9 Å². The summed E-state index contributed by atoms with van der Waals surface area (Å²) in [6.45, 7) is 36.5. The Morgan fingerprint density at radius 3 is 1.08 bits per heavy atom. The van der Waals surface area contributed by atoms with Crippen LogP contribution in [0.2, 0.25) is 0 Å². The summed E-state index contributed by atoms with van der Waals surface area (Å²) in [5.41, 5.74) is 31.1. The van der Waals surface area contributed by atoms with Crippen molar-refractivity contribution in [1.29, 1.82) is 5.26 Å². The predicted octanol–water partition coefficient (Wildman–Crippen LogP) is 25.9. The fourth-order valence-corrected chi connectivity index (χ4v) is 17.3. The van der Waals surface area contributed by atoms with Gasteiger partial charge in [-0.25, -0.2) is 4.85 Å². The molecule has 14 aromatic carbocycles. The smallest absolute Gasteiger partial charge is 0.252 e. The molecule has 2 aromatic heterocycles. The van der Waals surface area contributed by atoms with E-state index in [4.69, 9.17) is 6.57 Å². The average molecular weight is 1410 g/mol. The van der Waals surface area contributed by atoms with Gasteiger partial charge in [0.05, 0.1) is 51.6 Å². The van der Waals surface area contributed by atoms with Gasteiger partial charge in [0.25, 0.3) is 6.71 Å². The maximum absolute atomic E-state index is 11.5. The normalized spacial score (nSPS) is 12.9. The SMILES string of the molecule is [C-]#[N+]c1ccccc1-c1cccc(-c2cc(C(C)(C)C)cc(C(C)(C)C)c2)c1N1c2cc(-n3c4ccccc4c4ccccc43)ccc2B2c3ccc(-n4c5ccccc5c5ccccc54)cc3N(c3c(-c4cc(C(C)(C)C)cc(C(C)(C)C)c4)cccc3-c3ccccc3C#N)c3cc(-c4ccccc4)cc1c32. The molecule has 0 saturated carbocycles. The van der Waals surface area contributed by atoms with Crippen LogP contribution >= 0.6 is 0 Å². The Kier molecular flexibility index (Phi) is 16.0. The molecular formula is C102H85BN6. The Bertz CT molecular complexity index is 5980. The first-order chi connectivity index (χ1) is 52.5. The van der Waals surface area contributed by atoms with Gasteiger partial charge in [-0.2, -0.15) is 5.26 Å². The Labute approximate surface area is 641 Å². The standard InChI is InChI=1S/C102H85BN6/c1-99(2,3)69-53-67(54-70(59-69)100(4,5)6)76-40-29-42-83(75-34-18-17-33-65(75)63-104)97(76)108-92-61-73(106-88-45-25-20-36-79(88)80-37-21-26-46-89(80)106)49-51-85(92)103-86-52-50-74(107-90-47-27-22-38-81(90)82-39-23-28-48-91(82)107)62-93(86)109(95-58-66(57-94(108)96(95)103)64-31-15-14-16-32-64)98-77(41-30-43-84(98)78-35-19-24-44-87(78)105-13)68-55-71(101(7,8)9)60-72(56-68)102(10,11)12/h14-62H,1-12H3. The summed E-state index contributed by atoms with van der Waals surface area (Å²) in [7, 11) is 0. The lowest BCUT2D eigenvalue weighted by molar-refractivity contribution is 0.568. The van der Waals surface area contributed by atoms with E-state index in [-0.39, 0.29) is 28.4 Å². The summed E-state index contributed by atoms with van der Waals surface area (Å²) in [6.07, 6.45) is 0. The van der Waals surface area contributed by atoms with Crippen molar-refractivity contribution in [1.82, 2.24) is 9.13 Å². The largest absolute Gasteiger partial charge is 0.310 e. The van der Waals surface area contributed by atoms with Gasteiger partial charge in [0.15, 0.2) is 5.69 Å². The molecule has 0 radical (unpaired) electrons. The molecule has 0 aliphatic carbocycles. The molecule has 0 amide bonds. The number of hydrogen-bond acceptors (Lipinski definition) is 3. The second-order valence-corrected chi connectivity index (χ2v) is 33.9. The molecule has 0 atom stereocenters. The minimum absolute atomic E-state index is 0.209. The van der Waals surface area contributed by atoms with Gasteiger partial charge in [-0.1, -0.05) is 314 Å². The minimum atomic E-state index is -0.367. The lowest BCUT2D eigenvalue weighted by Gasteiger charge is -2.46. The zero-order valence-electron chi connectivity index (χ0n) is 64.1. The second-order valence-electron chi connectivity index (χ2n) is 33.9. The van der Waals surface area contributed by atoms with Crippen LogP contribution in [-0.4, -0.2) is 15.8 Å². The quantitative estimate of drug-likeness (QED) is 0.107. The van der Waals surface area contributed by atoms with E-state index in [1.807, 2.05) is 24.3 Å². The van der Waals surface area contributed by atoms with Crippen molar-refractivity contribution in [3.63, 3.8) is 0 Å². The number of fused-ring (bicyclic) bond motifs is 10. The van der Waals surface area contributed by atoms with Crippen molar-refractivity contribution in [3.8, 4) is 73.1 Å². The molecule has 7 heteroatoms. The van der Waals surface area contributed by atoms with Crippen LogP contribution in [0.4, 0.5) is 39.8 Å². The molecule has 18 rings (SSSR count). The van der Waals surface area contributed by atoms with Crippen LogP contribution in [0.1, 0.15) is 111 Å². The molecule has 2 aliphatic rings. The van der Waals surface area contributed by atoms with Crippen LogP contribution in [0.3, 0.4) is 0 Å². The van der Waals surface area contributed by atoms with E-state index >= 15 is 0 Å². The molecule has 0 unspecified atom stereocenters. The lowest BCUT2D eigenvalue weighted by Crippen LogP contribution is -2.61. The zero-order valence-corrected chi connectivity index (χ0v) is 64.1. The Hall–Kier alpha value is -12.7. The molecule has 0 saturated heterocycles. The van der Waals surface area contributed by atoms with E-state index in [0.29, 0.717) is 11.3 Å². The van der Waals surface area contributed by atoms with Gasteiger partial charge in [0.2, 0.25) is 0 Å². The van der Waals surface area contributed by atoms with Gasteiger partial charge >= 0.3 is 0 Å². The number of para-hydroxylation sites is 7. The van der Waals surface area contributed by atoms with Crippen molar-refractivity contribution < 1.29 is 0 Å². The van der Waals surface area contributed by atoms with Crippen LogP contribution < -0.4 is 26.2 Å². The van der Waals surface area contributed by atoms with E-state index in [1.165, 1.54) is 43.8 Å².